The summed E-state index contributed by atoms with van der Waals surface area (Å²) in [5.74, 6) is -1.29. The van der Waals surface area contributed by atoms with Gasteiger partial charge in [-0.25, -0.2) is 9.29 Å². The van der Waals surface area contributed by atoms with Crippen LogP contribution in [0.2, 0.25) is 5.02 Å². The van der Waals surface area contributed by atoms with E-state index in [1.807, 2.05) is 29.2 Å². The smallest absolute Gasteiger partial charge is 0.251 e. The number of rotatable bonds is 5. The molecule has 5 rings (SSSR count). The molecular formula is C26H22ClFN4O3. The number of piperazine rings is 1. The van der Waals surface area contributed by atoms with E-state index in [9.17, 15) is 18.8 Å². The Labute approximate surface area is 206 Å². The minimum absolute atomic E-state index is 0.0554. The van der Waals surface area contributed by atoms with Crippen LogP contribution in [-0.2, 0) is 9.59 Å². The van der Waals surface area contributed by atoms with Gasteiger partial charge < -0.3 is 4.90 Å². The van der Waals surface area contributed by atoms with Crippen LogP contribution in [-0.4, -0.2) is 59.7 Å². The average molecular weight is 493 g/mol. The van der Waals surface area contributed by atoms with Crippen LogP contribution in [0.3, 0.4) is 0 Å². The first kappa shape index (κ1) is 23.1. The Morgan fingerprint density at radius 3 is 2.17 bits per heavy atom. The molecule has 3 aromatic rings. The number of pyridine rings is 1. The summed E-state index contributed by atoms with van der Waals surface area (Å²) in [7, 11) is 0. The first-order valence-electron chi connectivity index (χ1n) is 11.3. The van der Waals surface area contributed by atoms with Crippen molar-refractivity contribution >= 4 is 40.6 Å². The van der Waals surface area contributed by atoms with Gasteiger partial charge in [0.1, 0.15) is 5.82 Å². The van der Waals surface area contributed by atoms with Crippen molar-refractivity contribution in [2.45, 2.75) is 12.5 Å². The van der Waals surface area contributed by atoms with Gasteiger partial charge in [0.2, 0.25) is 5.91 Å². The van der Waals surface area contributed by atoms with E-state index in [1.54, 1.807) is 24.5 Å². The predicted octanol–water partition coefficient (Wildman–Crippen LogP) is 3.56. The number of carbonyl (C=O) groups excluding carboxylic acids is 3. The van der Waals surface area contributed by atoms with Gasteiger partial charge in [0.05, 0.1) is 23.2 Å². The first-order valence-corrected chi connectivity index (χ1v) is 11.7. The number of ketones is 1. The number of amides is 2. The summed E-state index contributed by atoms with van der Waals surface area (Å²) in [6.45, 7) is 2.58. The molecule has 2 saturated heterocycles. The monoisotopic (exact) mass is 492 g/mol. The molecule has 2 fully saturated rings. The van der Waals surface area contributed by atoms with Gasteiger partial charge in [-0.05, 0) is 54.6 Å². The molecule has 0 N–H and O–H groups in total. The quantitative estimate of drug-likeness (QED) is 0.400. The summed E-state index contributed by atoms with van der Waals surface area (Å²) in [6, 6.07) is 14.2. The fourth-order valence-corrected chi connectivity index (χ4v) is 4.76. The molecule has 0 bridgehead atoms. The molecule has 35 heavy (non-hydrogen) atoms. The molecule has 0 saturated carbocycles. The number of benzene rings is 2. The van der Waals surface area contributed by atoms with E-state index < -0.39 is 11.9 Å². The Morgan fingerprint density at radius 2 is 1.51 bits per heavy atom. The zero-order valence-electron chi connectivity index (χ0n) is 18.7. The lowest BCUT2D eigenvalue weighted by Gasteiger charge is -2.38. The molecule has 1 atom stereocenters. The Balaban J connectivity index is 1.22. The van der Waals surface area contributed by atoms with E-state index in [0.29, 0.717) is 37.3 Å². The van der Waals surface area contributed by atoms with Crippen molar-refractivity contribution in [3.8, 4) is 0 Å². The minimum Gasteiger partial charge on any atom is -0.369 e. The Bertz CT molecular complexity index is 1280. The van der Waals surface area contributed by atoms with E-state index in [-0.39, 0.29) is 34.7 Å². The third kappa shape index (κ3) is 4.54. The number of carbonyl (C=O) groups is 3. The van der Waals surface area contributed by atoms with E-state index in [2.05, 4.69) is 9.88 Å². The second-order valence-corrected chi connectivity index (χ2v) is 8.93. The molecule has 2 aliphatic heterocycles. The van der Waals surface area contributed by atoms with Crippen LogP contribution in [0, 0.1) is 5.82 Å². The molecule has 0 spiro atoms. The first-order chi connectivity index (χ1) is 16.9. The van der Waals surface area contributed by atoms with E-state index in [1.165, 1.54) is 12.1 Å². The second-order valence-electron chi connectivity index (χ2n) is 8.52. The van der Waals surface area contributed by atoms with Crippen molar-refractivity contribution in [1.29, 1.82) is 0 Å². The SMILES string of the molecule is O=C(c1ccncc1)c1ccc(N2CCN([C@H]3CC(=O)N(c4ccc(F)c(Cl)c4)C3=O)CC2)cc1. The normalized spacial score (nSPS) is 18.9. The molecule has 1 aromatic heterocycles. The number of imide groups is 1. The third-order valence-corrected chi connectivity index (χ3v) is 6.77. The second kappa shape index (κ2) is 9.56. The number of hydrogen-bond donors (Lipinski definition) is 0. The van der Waals surface area contributed by atoms with Crippen LogP contribution in [0.25, 0.3) is 0 Å². The van der Waals surface area contributed by atoms with Gasteiger partial charge in [-0.15, -0.1) is 0 Å². The minimum atomic E-state index is -0.600. The van der Waals surface area contributed by atoms with Gasteiger partial charge in [0.15, 0.2) is 5.78 Å². The molecule has 0 unspecified atom stereocenters. The number of hydrogen-bond acceptors (Lipinski definition) is 6. The number of anilines is 2. The van der Waals surface area contributed by atoms with Crippen molar-refractivity contribution in [1.82, 2.24) is 9.88 Å². The van der Waals surface area contributed by atoms with Crippen LogP contribution in [0.1, 0.15) is 22.3 Å². The maximum absolute atomic E-state index is 13.5. The van der Waals surface area contributed by atoms with Gasteiger partial charge in [-0.3, -0.25) is 24.3 Å². The van der Waals surface area contributed by atoms with Crippen LogP contribution in [0.4, 0.5) is 15.8 Å². The standard InChI is InChI=1S/C26H22ClFN4O3/c27-21-15-20(5-6-22(21)28)32-24(33)16-23(26(32)35)31-13-11-30(12-14-31)19-3-1-17(2-4-19)25(34)18-7-9-29-10-8-18/h1-10,15,23H,11-14,16H2/t23-/m0/s1. The Hall–Kier alpha value is -3.62. The van der Waals surface area contributed by atoms with Gasteiger partial charge in [0.25, 0.3) is 5.91 Å². The topological polar surface area (TPSA) is 73.8 Å². The number of halogens is 2. The highest BCUT2D eigenvalue weighted by Gasteiger charge is 2.43. The molecular weight excluding hydrogens is 471 g/mol. The maximum Gasteiger partial charge on any atom is 0.251 e. The summed E-state index contributed by atoms with van der Waals surface area (Å²) in [4.78, 5) is 47.5. The summed E-state index contributed by atoms with van der Waals surface area (Å²) >= 11 is 5.84. The third-order valence-electron chi connectivity index (χ3n) is 6.48. The fraction of sp³-hybridized carbons (Fsp3) is 0.231. The predicted molar refractivity (Wildman–Crippen MR) is 130 cm³/mol. The van der Waals surface area contributed by atoms with Crippen molar-refractivity contribution < 1.29 is 18.8 Å². The van der Waals surface area contributed by atoms with Gasteiger partial charge in [0, 0.05) is 55.4 Å². The van der Waals surface area contributed by atoms with Gasteiger partial charge >= 0.3 is 0 Å². The van der Waals surface area contributed by atoms with Crippen LogP contribution in [0.15, 0.2) is 67.0 Å². The lowest BCUT2D eigenvalue weighted by molar-refractivity contribution is -0.123. The van der Waals surface area contributed by atoms with E-state index >= 15 is 0 Å². The van der Waals surface area contributed by atoms with Crippen LogP contribution >= 0.6 is 11.6 Å². The molecule has 0 aliphatic carbocycles. The van der Waals surface area contributed by atoms with E-state index in [4.69, 9.17) is 11.6 Å². The van der Waals surface area contributed by atoms with Crippen LogP contribution in [0.5, 0.6) is 0 Å². The lowest BCUT2D eigenvalue weighted by Crippen LogP contribution is -2.52. The highest BCUT2D eigenvalue weighted by atomic mass is 35.5. The van der Waals surface area contributed by atoms with Crippen molar-refractivity contribution in [2.24, 2.45) is 0 Å². The molecule has 0 radical (unpaired) electrons. The highest BCUT2D eigenvalue weighted by Crippen LogP contribution is 2.30. The van der Waals surface area contributed by atoms with E-state index in [0.717, 1.165) is 16.7 Å². The fourth-order valence-electron chi connectivity index (χ4n) is 4.58. The molecule has 3 heterocycles. The van der Waals surface area contributed by atoms with Crippen molar-refractivity contribution in [2.75, 3.05) is 36.0 Å². The van der Waals surface area contributed by atoms with Gasteiger partial charge in [-0.1, -0.05) is 11.6 Å². The summed E-state index contributed by atoms with van der Waals surface area (Å²) < 4.78 is 13.5. The Kier molecular flexibility index (Phi) is 6.32. The molecule has 2 aliphatic rings. The number of nitrogens with zero attached hydrogens (tertiary/aromatic N) is 4. The zero-order valence-corrected chi connectivity index (χ0v) is 19.5. The molecule has 7 nitrogen and oxygen atoms in total. The van der Waals surface area contributed by atoms with Crippen molar-refractivity contribution in [3.63, 3.8) is 0 Å². The average Bonchev–Trinajstić information content (AvgIpc) is 3.19. The highest BCUT2D eigenvalue weighted by molar-refractivity contribution is 6.31. The largest absolute Gasteiger partial charge is 0.369 e. The van der Waals surface area contributed by atoms with Gasteiger partial charge in [-0.2, -0.15) is 0 Å². The summed E-state index contributed by atoms with van der Waals surface area (Å²) in [5.41, 5.74) is 2.48. The Morgan fingerprint density at radius 1 is 0.886 bits per heavy atom. The van der Waals surface area contributed by atoms with Crippen LogP contribution < -0.4 is 9.80 Å². The summed E-state index contributed by atoms with van der Waals surface area (Å²) in [5, 5.41) is -0.131. The number of aromatic nitrogens is 1. The summed E-state index contributed by atoms with van der Waals surface area (Å²) in [6.07, 6.45) is 3.27. The van der Waals surface area contributed by atoms with Crippen molar-refractivity contribution in [3.05, 3.63) is 89.0 Å². The molecule has 178 valence electrons. The maximum atomic E-state index is 13.5. The molecule has 2 amide bonds. The zero-order chi connectivity index (χ0) is 24.5. The lowest BCUT2D eigenvalue weighted by atomic mass is 10.0. The molecule has 9 heteroatoms. The molecule has 2 aromatic carbocycles.